The third-order valence-electron chi connectivity index (χ3n) is 4.82. The minimum Gasteiger partial charge on any atom is -0.370 e. The van der Waals surface area contributed by atoms with Gasteiger partial charge in [0.05, 0.1) is 11.7 Å². The summed E-state index contributed by atoms with van der Waals surface area (Å²) in [7, 11) is 0. The molecule has 2 aliphatic rings. The molecule has 100 valence electrons. The van der Waals surface area contributed by atoms with E-state index < -0.39 is 0 Å². The van der Waals surface area contributed by atoms with E-state index in [1.807, 2.05) is 0 Å². The number of hydrogen-bond acceptors (Lipinski definition) is 2. The van der Waals surface area contributed by atoms with Gasteiger partial charge in [0.25, 0.3) is 0 Å². The monoisotopic (exact) mass is 248 g/mol. The largest absolute Gasteiger partial charge is 0.370 e. The van der Waals surface area contributed by atoms with Gasteiger partial charge in [-0.2, -0.15) is 0 Å². The molecule has 1 aliphatic heterocycles. The first-order valence-corrected chi connectivity index (χ1v) is 7.25. The van der Waals surface area contributed by atoms with Crippen molar-refractivity contribution in [3.8, 4) is 0 Å². The molecule has 1 aliphatic carbocycles. The average molecular weight is 248 g/mol. The van der Waals surface area contributed by atoms with Crippen LogP contribution in [0.5, 0.6) is 0 Å². The molecule has 0 bridgehead atoms. The summed E-state index contributed by atoms with van der Waals surface area (Å²) < 4.78 is 8.67. The summed E-state index contributed by atoms with van der Waals surface area (Å²) in [6.07, 6.45) is 10.3. The van der Waals surface area contributed by atoms with E-state index in [9.17, 15) is 0 Å². The van der Waals surface area contributed by atoms with Gasteiger partial charge in [0, 0.05) is 25.0 Å². The zero-order valence-corrected chi connectivity index (χ0v) is 11.3. The quantitative estimate of drug-likeness (QED) is 0.893. The lowest BCUT2D eigenvalue weighted by atomic mass is 9.98. The molecule has 1 unspecified atom stereocenters. The molecule has 1 atom stereocenters. The molecule has 1 saturated carbocycles. The SMILES string of the molecule is Cc1c(CN)ccn1CC1CCC2(CCCC2)O1. The maximum absolute atomic E-state index is 6.36. The summed E-state index contributed by atoms with van der Waals surface area (Å²) in [5.41, 5.74) is 8.53. The fourth-order valence-electron chi connectivity index (χ4n) is 3.64. The van der Waals surface area contributed by atoms with E-state index in [4.69, 9.17) is 10.5 Å². The molecule has 0 aromatic carbocycles. The fourth-order valence-corrected chi connectivity index (χ4v) is 3.64. The van der Waals surface area contributed by atoms with Gasteiger partial charge < -0.3 is 15.0 Å². The maximum atomic E-state index is 6.36. The molecule has 1 saturated heterocycles. The van der Waals surface area contributed by atoms with Gasteiger partial charge in [-0.1, -0.05) is 12.8 Å². The topological polar surface area (TPSA) is 40.2 Å². The standard InChI is InChI=1S/C15H24N2O/c1-12-13(10-16)5-9-17(12)11-14-4-8-15(18-14)6-2-3-7-15/h5,9,14H,2-4,6-8,10-11,16H2,1H3. The van der Waals surface area contributed by atoms with Crippen LogP contribution in [0.4, 0.5) is 0 Å². The first-order chi connectivity index (χ1) is 8.72. The molecular formula is C15H24N2O. The molecule has 3 heteroatoms. The van der Waals surface area contributed by atoms with E-state index in [1.54, 1.807) is 0 Å². The van der Waals surface area contributed by atoms with Gasteiger partial charge in [-0.05, 0) is 44.2 Å². The minimum atomic E-state index is 0.252. The van der Waals surface area contributed by atoms with Crippen LogP contribution in [0.25, 0.3) is 0 Å². The Balaban J connectivity index is 1.65. The summed E-state index contributed by atoms with van der Waals surface area (Å²) in [6.45, 7) is 3.78. The van der Waals surface area contributed by atoms with Crippen molar-refractivity contribution in [3.63, 3.8) is 0 Å². The highest BCUT2D eigenvalue weighted by Crippen LogP contribution is 2.43. The van der Waals surface area contributed by atoms with Crippen LogP contribution in [-0.4, -0.2) is 16.3 Å². The molecule has 2 heterocycles. The van der Waals surface area contributed by atoms with Gasteiger partial charge in [-0.3, -0.25) is 0 Å². The molecule has 1 aromatic heterocycles. The molecule has 1 aromatic rings. The Morgan fingerprint density at radius 1 is 1.39 bits per heavy atom. The van der Waals surface area contributed by atoms with Gasteiger partial charge in [-0.25, -0.2) is 0 Å². The predicted molar refractivity (Wildman–Crippen MR) is 72.4 cm³/mol. The molecule has 1 spiro atoms. The number of nitrogens with zero attached hydrogens (tertiary/aromatic N) is 1. The van der Waals surface area contributed by atoms with Crippen LogP contribution in [0.3, 0.4) is 0 Å². The minimum absolute atomic E-state index is 0.252. The van der Waals surface area contributed by atoms with Crippen LogP contribution in [0.1, 0.15) is 49.8 Å². The summed E-state index contributed by atoms with van der Waals surface area (Å²) in [5.74, 6) is 0. The van der Waals surface area contributed by atoms with Gasteiger partial charge in [0.1, 0.15) is 0 Å². The van der Waals surface area contributed by atoms with E-state index >= 15 is 0 Å². The van der Waals surface area contributed by atoms with Crippen LogP contribution in [0.15, 0.2) is 12.3 Å². The highest BCUT2D eigenvalue weighted by molar-refractivity contribution is 5.20. The van der Waals surface area contributed by atoms with E-state index in [2.05, 4.69) is 23.8 Å². The second kappa shape index (κ2) is 4.71. The lowest BCUT2D eigenvalue weighted by Crippen LogP contribution is -2.26. The normalized spacial score (nSPS) is 26.2. The Kier molecular flexibility index (Phi) is 3.20. The second-order valence-corrected chi connectivity index (χ2v) is 5.95. The molecule has 18 heavy (non-hydrogen) atoms. The number of rotatable bonds is 3. The molecule has 0 radical (unpaired) electrons. The Morgan fingerprint density at radius 3 is 2.83 bits per heavy atom. The van der Waals surface area contributed by atoms with Crippen molar-refractivity contribution in [2.75, 3.05) is 0 Å². The van der Waals surface area contributed by atoms with Gasteiger partial charge in [0.15, 0.2) is 0 Å². The molecule has 0 amide bonds. The van der Waals surface area contributed by atoms with Gasteiger partial charge in [0.2, 0.25) is 0 Å². The number of ether oxygens (including phenoxy) is 1. The van der Waals surface area contributed by atoms with Gasteiger partial charge >= 0.3 is 0 Å². The van der Waals surface area contributed by atoms with Crippen molar-refractivity contribution in [2.45, 2.75) is 70.2 Å². The van der Waals surface area contributed by atoms with Crippen LogP contribution >= 0.6 is 0 Å². The van der Waals surface area contributed by atoms with Crippen molar-refractivity contribution < 1.29 is 4.74 Å². The van der Waals surface area contributed by atoms with E-state index in [1.165, 1.54) is 49.8 Å². The Labute approximate surface area is 109 Å². The Morgan fingerprint density at radius 2 is 2.17 bits per heavy atom. The zero-order valence-electron chi connectivity index (χ0n) is 11.3. The van der Waals surface area contributed by atoms with Crippen molar-refractivity contribution in [3.05, 3.63) is 23.5 Å². The number of hydrogen-bond donors (Lipinski definition) is 1. The van der Waals surface area contributed by atoms with Gasteiger partial charge in [-0.15, -0.1) is 0 Å². The van der Waals surface area contributed by atoms with Crippen molar-refractivity contribution in [1.29, 1.82) is 0 Å². The summed E-state index contributed by atoms with van der Waals surface area (Å²) in [5, 5.41) is 0. The van der Waals surface area contributed by atoms with Crippen LogP contribution in [0, 0.1) is 6.92 Å². The third kappa shape index (κ3) is 2.10. The van der Waals surface area contributed by atoms with Crippen LogP contribution in [-0.2, 0) is 17.8 Å². The van der Waals surface area contributed by atoms with E-state index in [0.717, 1.165) is 6.54 Å². The maximum Gasteiger partial charge on any atom is 0.0762 e. The van der Waals surface area contributed by atoms with Crippen LogP contribution in [0.2, 0.25) is 0 Å². The number of aromatic nitrogens is 1. The predicted octanol–water partition coefficient (Wildman–Crippen LogP) is 2.75. The molecule has 3 rings (SSSR count). The first kappa shape index (κ1) is 12.2. The smallest absolute Gasteiger partial charge is 0.0762 e. The summed E-state index contributed by atoms with van der Waals surface area (Å²) in [4.78, 5) is 0. The fraction of sp³-hybridized carbons (Fsp3) is 0.733. The van der Waals surface area contributed by atoms with E-state index in [0.29, 0.717) is 12.6 Å². The average Bonchev–Trinajstić information content (AvgIpc) is 3.06. The van der Waals surface area contributed by atoms with E-state index in [-0.39, 0.29) is 5.60 Å². The molecule has 2 N–H and O–H groups in total. The second-order valence-electron chi connectivity index (χ2n) is 5.95. The number of nitrogens with two attached hydrogens (primary N) is 1. The van der Waals surface area contributed by atoms with Crippen molar-refractivity contribution >= 4 is 0 Å². The lowest BCUT2D eigenvalue weighted by Gasteiger charge is -2.24. The third-order valence-corrected chi connectivity index (χ3v) is 4.82. The molecular weight excluding hydrogens is 224 g/mol. The Bertz CT molecular complexity index is 418. The summed E-state index contributed by atoms with van der Waals surface area (Å²) in [6, 6.07) is 2.13. The van der Waals surface area contributed by atoms with Crippen molar-refractivity contribution in [2.24, 2.45) is 5.73 Å². The zero-order chi connectivity index (χ0) is 12.6. The van der Waals surface area contributed by atoms with Crippen molar-refractivity contribution in [1.82, 2.24) is 4.57 Å². The lowest BCUT2D eigenvalue weighted by molar-refractivity contribution is -0.0419. The molecule has 3 nitrogen and oxygen atoms in total. The molecule has 2 fully saturated rings. The first-order valence-electron chi connectivity index (χ1n) is 7.25. The highest BCUT2D eigenvalue weighted by atomic mass is 16.5. The van der Waals surface area contributed by atoms with Crippen LogP contribution < -0.4 is 5.73 Å². The Hall–Kier alpha value is -0.800. The highest BCUT2D eigenvalue weighted by Gasteiger charge is 2.42. The summed E-state index contributed by atoms with van der Waals surface area (Å²) >= 11 is 0.